The third-order valence-electron chi connectivity index (χ3n) is 2.65. The Balaban J connectivity index is 1.85. The quantitative estimate of drug-likeness (QED) is 0.778. The van der Waals surface area contributed by atoms with Gasteiger partial charge in [-0.1, -0.05) is 19.1 Å². The molecule has 1 N–H and O–H groups in total. The lowest BCUT2D eigenvalue weighted by Gasteiger charge is -2.06. The molecular formula is C15H18BrNO2. The first-order valence-electron chi connectivity index (χ1n) is 6.45. The zero-order valence-electron chi connectivity index (χ0n) is 11.0. The highest BCUT2D eigenvalue weighted by molar-refractivity contribution is 9.10. The highest BCUT2D eigenvalue weighted by atomic mass is 79.9. The van der Waals surface area contributed by atoms with Crippen LogP contribution in [0.3, 0.4) is 0 Å². The van der Waals surface area contributed by atoms with Gasteiger partial charge < -0.3 is 14.5 Å². The normalized spacial score (nSPS) is 10.6. The van der Waals surface area contributed by atoms with Crippen molar-refractivity contribution in [1.29, 1.82) is 0 Å². The standard InChI is InChI=1S/C15H18BrNO2/c1-2-9-17-10-12-7-8-13(19-12)11-18-15-6-4-3-5-14(15)16/h3-8,17H,2,9-11H2,1H3. The molecule has 1 aromatic carbocycles. The van der Waals surface area contributed by atoms with Crippen molar-refractivity contribution >= 4 is 15.9 Å². The van der Waals surface area contributed by atoms with Crippen molar-refractivity contribution in [3.8, 4) is 5.75 Å². The van der Waals surface area contributed by atoms with Gasteiger partial charge in [0.1, 0.15) is 23.9 Å². The van der Waals surface area contributed by atoms with Crippen LogP contribution in [0, 0.1) is 0 Å². The maximum atomic E-state index is 5.70. The fourth-order valence-electron chi connectivity index (χ4n) is 1.69. The first-order chi connectivity index (χ1) is 9.29. The number of ether oxygens (including phenoxy) is 1. The van der Waals surface area contributed by atoms with Crippen LogP contribution in [0.4, 0.5) is 0 Å². The molecule has 0 bridgehead atoms. The predicted octanol–water partition coefficient (Wildman–Crippen LogP) is 4.12. The van der Waals surface area contributed by atoms with Crippen LogP contribution in [0.2, 0.25) is 0 Å². The summed E-state index contributed by atoms with van der Waals surface area (Å²) in [6, 6.07) is 11.7. The number of benzene rings is 1. The molecule has 0 saturated carbocycles. The van der Waals surface area contributed by atoms with Crippen molar-refractivity contribution in [2.75, 3.05) is 6.54 Å². The Kier molecular flexibility index (Phi) is 5.48. The molecule has 2 rings (SSSR count). The van der Waals surface area contributed by atoms with Crippen LogP contribution in [-0.2, 0) is 13.2 Å². The molecule has 4 heteroatoms. The van der Waals surface area contributed by atoms with Crippen molar-refractivity contribution in [3.63, 3.8) is 0 Å². The summed E-state index contributed by atoms with van der Waals surface area (Å²) in [5.74, 6) is 2.60. The van der Waals surface area contributed by atoms with Gasteiger partial charge in [-0.2, -0.15) is 0 Å². The maximum absolute atomic E-state index is 5.70. The smallest absolute Gasteiger partial charge is 0.146 e. The summed E-state index contributed by atoms with van der Waals surface area (Å²) in [6.07, 6.45) is 1.12. The summed E-state index contributed by atoms with van der Waals surface area (Å²) in [6.45, 7) is 4.36. The van der Waals surface area contributed by atoms with E-state index in [1.165, 1.54) is 0 Å². The summed E-state index contributed by atoms with van der Waals surface area (Å²) in [5.41, 5.74) is 0. The SMILES string of the molecule is CCCNCc1ccc(COc2ccccc2Br)o1. The van der Waals surface area contributed by atoms with Crippen molar-refractivity contribution in [2.45, 2.75) is 26.5 Å². The number of hydrogen-bond acceptors (Lipinski definition) is 3. The van der Waals surface area contributed by atoms with Gasteiger partial charge in [-0.05, 0) is 53.2 Å². The topological polar surface area (TPSA) is 34.4 Å². The van der Waals surface area contributed by atoms with Gasteiger partial charge in [0.15, 0.2) is 0 Å². The number of furan rings is 1. The number of para-hydroxylation sites is 1. The second-order valence-corrected chi connectivity index (χ2v) is 5.12. The molecule has 0 spiro atoms. The van der Waals surface area contributed by atoms with Gasteiger partial charge in [0.2, 0.25) is 0 Å². The molecule has 0 amide bonds. The molecule has 0 aliphatic carbocycles. The lowest BCUT2D eigenvalue weighted by molar-refractivity contribution is 0.263. The molecule has 2 aromatic rings. The maximum Gasteiger partial charge on any atom is 0.146 e. The van der Waals surface area contributed by atoms with E-state index in [9.17, 15) is 0 Å². The summed E-state index contributed by atoms with van der Waals surface area (Å²) < 4.78 is 12.3. The summed E-state index contributed by atoms with van der Waals surface area (Å²) in [7, 11) is 0. The molecule has 0 radical (unpaired) electrons. The van der Waals surface area contributed by atoms with E-state index in [1.54, 1.807) is 0 Å². The fourth-order valence-corrected chi connectivity index (χ4v) is 2.09. The number of hydrogen-bond donors (Lipinski definition) is 1. The Hall–Kier alpha value is -1.26. The van der Waals surface area contributed by atoms with Crippen LogP contribution in [0.25, 0.3) is 0 Å². The van der Waals surface area contributed by atoms with Gasteiger partial charge >= 0.3 is 0 Å². The average molecular weight is 324 g/mol. The molecule has 0 fully saturated rings. The summed E-state index contributed by atoms with van der Waals surface area (Å²) in [5, 5.41) is 3.31. The Labute approximate surface area is 122 Å². The first-order valence-corrected chi connectivity index (χ1v) is 7.24. The molecule has 0 aliphatic heterocycles. The average Bonchev–Trinajstić information content (AvgIpc) is 2.86. The lowest BCUT2D eigenvalue weighted by Crippen LogP contribution is -2.13. The molecule has 1 heterocycles. The van der Waals surface area contributed by atoms with Crippen LogP contribution >= 0.6 is 15.9 Å². The Morgan fingerprint density at radius 2 is 1.95 bits per heavy atom. The van der Waals surface area contributed by atoms with Crippen molar-refractivity contribution in [3.05, 3.63) is 52.4 Å². The van der Waals surface area contributed by atoms with E-state index >= 15 is 0 Å². The second kappa shape index (κ2) is 7.36. The first kappa shape index (κ1) is 14.2. The molecule has 0 unspecified atom stereocenters. The van der Waals surface area contributed by atoms with E-state index < -0.39 is 0 Å². The van der Waals surface area contributed by atoms with Gasteiger partial charge in [0, 0.05) is 0 Å². The van der Waals surface area contributed by atoms with Crippen molar-refractivity contribution in [1.82, 2.24) is 5.32 Å². The van der Waals surface area contributed by atoms with E-state index in [0.29, 0.717) is 6.61 Å². The minimum atomic E-state index is 0.441. The van der Waals surface area contributed by atoms with E-state index in [4.69, 9.17) is 9.15 Å². The fraction of sp³-hybridized carbons (Fsp3) is 0.333. The Morgan fingerprint density at radius 3 is 2.74 bits per heavy atom. The minimum absolute atomic E-state index is 0.441. The van der Waals surface area contributed by atoms with Gasteiger partial charge in [-0.25, -0.2) is 0 Å². The predicted molar refractivity (Wildman–Crippen MR) is 79.2 cm³/mol. The molecule has 0 atom stereocenters. The van der Waals surface area contributed by atoms with Crippen LogP contribution in [0.15, 0.2) is 45.3 Å². The molecular weight excluding hydrogens is 306 g/mol. The van der Waals surface area contributed by atoms with E-state index in [1.807, 2.05) is 36.4 Å². The summed E-state index contributed by atoms with van der Waals surface area (Å²) >= 11 is 3.45. The Bertz CT molecular complexity index is 510. The highest BCUT2D eigenvalue weighted by Gasteiger charge is 2.04. The van der Waals surface area contributed by atoms with E-state index in [-0.39, 0.29) is 0 Å². The van der Waals surface area contributed by atoms with Crippen LogP contribution in [-0.4, -0.2) is 6.54 Å². The number of rotatable bonds is 7. The molecule has 0 saturated heterocycles. The van der Waals surface area contributed by atoms with Crippen molar-refractivity contribution in [2.24, 2.45) is 0 Å². The monoisotopic (exact) mass is 323 g/mol. The Morgan fingerprint density at radius 1 is 1.16 bits per heavy atom. The third kappa shape index (κ3) is 4.40. The van der Waals surface area contributed by atoms with Gasteiger partial charge in [-0.3, -0.25) is 0 Å². The largest absolute Gasteiger partial charge is 0.484 e. The highest BCUT2D eigenvalue weighted by Crippen LogP contribution is 2.24. The number of nitrogens with one attached hydrogen (secondary N) is 1. The van der Waals surface area contributed by atoms with E-state index in [0.717, 1.165) is 41.3 Å². The molecule has 1 aromatic heterocycles. The van der Waals surface area contributed by atoms with Crippen molar-refractivity contribution < 1.29 is 9.15 Å². The van der Waals surface area contributed by atoms with Crippen LogP contribution in [0.5, 0.6) is 5.75 Å². The summed E-state index contributed by atoms with van der Waals surface area (Å²) in [4.78, 5) is 0. The third-order valence-corrected chi connectivity index (χ3v) is 3.31. The zero-order chi connectivity index (χ0) is 13.5. The van der Waals surface area contributed by atoms with E-state index in [2.05, 4.69) is 28.2 Å². The zero-order valence-corrected chi connectivity index (χ0v) is 12.6. The number of halogens is 1. The minimum Gasteiger partial charge on any atom is -0.484 e. The lowest BCUT2D eigenvalue weighted by atomic mass is 10.3. The molecule has 3 nitrogen and oxygen atoms in total. The van der Waals surface area contributed by atoms with Gasteiger partial charge in [-0.15, -0.1) is 0 Å². The second-order valence-electron chi connectivity index (χ2n) is 4.26. The van der Waals surface area contributed by atoms with Gasteiger partial charge in [0.05, 0.1) is 11.0 Å². The van der Waals surface area contributed by atoms with Crippen LogP contribution < -0.4 is 10.1 Å². The molecule has 0 aliphatic rings. The molecule has 19 heavy (non-hydrogen) atoms. The van der Waals surface area contributed by atoms with Crippen LogP contribution in [0.1, 0.15) is 24.9 Å². The molecule has 102 valence electrons. The van der Waals surface area contributed by atoms with Gasteiger partial charge in [0.25, 0.3) is 0 Å².